The van der Waals surface area contributed by atoms with Crippen LogP contribution in [0.2, 0.25) is 0 Å². The summed E-state index contributed by atoms with van der Waals surface area (Å²) in [5.74, 6) is -0.258. The molecule has 0 unspecified atom stereocenters. The van der Waals surface area contributed by atoms with Crippen molar-refractivity contribution in [2.75, 3.05) is 5.75 Å². The average molecular weight is 196 g/mol. The summed E-state index contributed by atoms with van der Waals surface area (Å²) in [6.45, 7) is 0. The average Bonchev–Trinajstić information content (AvgIpc) is 1.91. The first-order valence-electron chi connectivity index (χ1n) is 4.06. The van der Waals surface area contributed by atoms with E-state index in [1.54, 1.807) is 0 Å². The maximum absolute atomic E-state index is 12.6. The summed E-state index contributed by atoms with van der Waals surface area (Å²) in [5, 5.41) is 0. The highest BCUT2D eigenvalue weighted by atomic mass is 32.2. The third-order valence-electron chi connectivity index (χ3n) is 2.22. The van der Waals surface area contributed by atoms with Gasteiger partial charge in [0.05, 0.1) is 5.75 Å². The molecule has 0 aromatic rings. The fraction of sp³-hybridized carbons (Fsp3) is 1.00. The summed E-state index contributed by atoms with van der Waals surface area (Å²) in [4.78, 5) is 0. The van der Waals surface area contributed by atoms with Gasteiger partial charge in [0.1, 0.15) is 6.17 Å². The summed E-state index contributed by atoms with van der Waals surface area (Å²) in [5.41, 5.74) is 0. The van der Waals surface area contributed by atoms with E-state index in [4.69, 9.17) is 4.55 Å². The Morgan fingerprint density at radius 3 is 2.17 bits per heavy atom. The molecule has 0 amide bonds. The van der Waals surface area contributed by atoms with Crippen LogP contribution in [0.15, 0.2) is 0 Å². The SMILES string of the molecule is O=S(=O)(O)CC1CCC(F)CC1. The van der Waals surface area contributed by atoms with Gasteiger partial charge >= 0.3 is 0 Å². The van der Waals surface area contributed by atoms with Gasteiger partial charge in [0.2, 0.25) is 0 Å². The van der Waals surface area contributed by atoms with E-state index in [9.17, 15) is 12.8 Å². The van der Waals surface area contributed by atoms with Gasteiger partial charge in [-0.2, -0.15) is 8.42 Å². The summed E-state index contributed by atoms with van der Waals surface area (Å²) in [6, 6.07) is 0. The minimum absolute atomic E-state index is 0.0491. The Morgan fingerprint density at radius 2 is 1.75 bits per heavy atom. The van der Waals surface area contributed by atoms with Crippen molar-refractivity contribution in [1.82, 2.24) is 0 Å². The zero-order valence-corrected chi connectivity index (χ0v) is 7.56. The quantitative estimate of drug-likeness (QED) is 0.679. The second-order valence-corrected chi connectivity index (χ2v) is 4.86. The fourth-order valence-electron chi connectivity index (χ4n) is 1.59. The van der Waals surface area contributed by atoms with E-state index >= 15 is 0 Å². The van der Waals surface area contributed by atoms with E-state index in [2.05, 4.69) is 0 Å². The Hall–Kier alpha value is -0.160. The van der Waals surface area contributed by atoms with Gasteiger partial charge in [-0.1, -0.05) is 0 Å². The van der Waals surface area contributed by atoms with Crippen molar-refractivity contribution in [3.8, 4) is 0 Å². The lowest BCUT2D eigenvalue weighted by Crippen LogP contribution is -2.22. The predicted octanol–water partition coefficient (Wildman–Crippen LogP) is 1.40. The summed E-state index contributed by atoms with van der Waals surface area (Å²) >= 11 is 0. The van der Waals surface area contributed by atoms with Gasteiger partial charge in [-0.05, 0) is 31.6 Å². The number of hydrogen-bond donors (Lipinski definition) is 1. The molecule has 1 saturated carbocycles. The predicted molar refractivity (Wildman–Crippen MR) is 43.3 cm³/mol. The maximum Gasteiger partial charge on any atom is 0.265 e. The fourth-order valence-corrected chi connectivity index (χ4v) is 2.52. The highest BCUT2D eigenvalue weighted by molar-refractivity contribution is 7.85. The Balaban J connectivity index is 2.36. The second-order valence-electron chi connectivity index (χ2n) is 3.37. The lowest BCUT2D eigenvalue weighted by atomic mass is 9.90. The van der Waals surface area contributed by atoms with Gasteiger partial charge in [-0.3, -0.25) is 4.55 Å². The van der Waals surface area contributed by atoms with Crippen LogP contribution in [0.1, 0.15) is 25.7 Å². The van der Waals surface area contributed by atoms with Gasteiger partial charge in [-0.25, -0.2) is 4.39 Å². The van der Waals surface area contributed by atoms with E-state index < -0.39 is 16.3 Å². The monoisotopic (exact) mass is 196 g/mol. The largest absolute Gasteiger partial charge is 0.286 e. The molecule has 0 aromatic carbocycles. The second kappa shape index (κ2) is 3.70. The molecule has 1 N–H and O–H groups in total. The number of halogens is 1. The molecule has 0 bridgehead atoms. The third-order valence-corrected chi connectivity index (χ3v) is 3.12. The van der Waals surface area contributed by atoms with Crippen molar-refractivity contribution in [2.24, 2.45) is 5.92 Å². The van der Waals surface area contributed by atoms with Gasteiger partial charge in [0.25, 0.3) is 10.1 Å². The van der Waals surface area contributed by atoms with Crippen LogP contribution in [-0.4, -0.2) is 24.9 Å². The molecule has 1 aliphatic carbocycles. The smallest absolute Gasteiger partial charge is 0.265 e. The molecule has 3 nitrogen and oxygen atoms in total. The molecule has 1 rings (SSSR count). The molecule has 72 valence electrons. The zero-order valence-electron chi connectivity index (χ0n) is 6.74. The van der Waals surface area contributed by atoms with Crippen LogP contribution in [0.4, 0.5) is 4.39 Å². The molecule has 12 heavy (non-hydrogen) atoms. The molecule has 5 heteroatoms. The first kappa shape index (κ1) is 9.92. The van der Waals surface area contributed by atoms with Crippen molar-refractivity contribution < 1.29 is 17.4 Å². The van der Waals surface area contributed by atoms with E-state index in [-0.39, 0.29) is 11.7 Å². The molecule has 0 aliphatic heterocycles. The van der Waals surface area contributed by atoms with Crippen LogP contribution in [0.3, 0.4) is 0 Å². The summed E-state index contributed by atoms with van der Waals surface area (Å²) in [6.07, 6.45) is 1.23. The summed E-state index contributed by atoms with van der Waals surface area (Å²) < 4.78 is 42.0. The van der Waals surface area contributed by atoms with E-state index in [0.29, 0.717) is 25.7 Å². The number of hydrogen-bond acceptors (Lipinski definition) is 2. The first-order valence-corrected chi connectivity index (χ1v) is 5.67. The van der Waals surface area contributed by atoms with Crippen LogP contribution in [0, 0.1) is 5.92 Å². The van der Waals surface area contributed by atoms with Gasteiger partial charge in [-0.15, -0.1) is 0 Å². The van der Waals surface area contributed by atoms with Crippen molar-refractivity contribution in [3.05, 3.63) is 0 Å². The standard InChI is InChI=1S/C7H13FO3S/c8-7-3-1-6(2-4-7)5-12(9,10)11/h6-7H,1-5H2,(H,9,10,11). The topological polar surface area (TPSA) is 54.4 Å². The number of alkyl halides is 1. The molecule has 0 radical (unpaired) electrons. The van der Waals surface area contributed by atoms with Crippen LogP contribution < -0.4 is 0 Å². The van der Waals surface area contributed by atoms with Crippen LogP contribution in [0.5, 0.6) is 0 Å². The Bertz CT molecular complexity index is 229. The Kier molecular flexibility index (Phi) is 3.06. The minimum Gasteiger partial charge on any atom is -0.286 e. The molecule has 0 saturated heterocycles. The molecular formula is C7H13FO3S. The molecule has 0 aromatic heterocycles. The molecule has 0 spiro atoms. The van der Waals surface area contributed by atoms with Crippen molar-refractivity contribution in [3.63, 3.8) is 0 Å². The lowest BCUT2D eigenvalue weighted by molar-refractivity contribution is 0.215. The van der Waals surface area contributed by atoms with Crippen LogP contribution >= 0.6 is 0 Å². The molecule has 1 aliphatic rings. The lowest BCUT2D eigenvalue weighted by Gasteiger charge is -2.22. The molecular weight excluding hydrogens is 183 g/mol. The Morgan fingerprint density at radius 1 is 1.25 bits per heavy atom. The van der Waals surface area contributed by atoms with E-state index in [1.165, 1.54) is 0 Å². The van der Waals surface area contributed by atoms with Crippen LogP contribution in [0.25, 0.3) is 0 Å². The van der Waals surface area contributed by atoms with E-state index in [0.717, 1.165) is 0 Å². The molecule has 1 fully saturated rings. The summed E-state index contributed by atoms with van der Waals surface area (Å²) in [7, 11) is -3.86. The highest BCUT2D eigenvalue weighted by Gasteiger charge is 2.24. The Labute approximate surface area is 71.7 Å². The molecule has 0 atom stereocenters. The van der Waals surface area contributed by atoms with Gasteiger partial charge in [0, 0.05) is 0 Å². The number of rotatable bonds is 2. The van der Waals surface area contributed by atoms with E-state index in [1.807, 2.05) is 0 Å². The van der Waals surface area contributed by atoms with Crippen LogP contribution in [-0.2, 0) is 10.1 Å². The minimum atomic E-state index is -3.86. The van der Waals surface area contributed by atoms with Crippen molar-refractivity contribution in [2.45, 2.75) is 31.9 Å². The van der Waals surface area contributed by atoms with Crippen molar-refractivity contribution >= 4 is 10.1 Å². The normalized spacial score (nSPS) is 31.8. The first-order chi connectivity index (χ1) is 5.47. The maximum atomic E-state index is 12.6. The highest BCUT2D eigenvalue weighted by Crippen LogP contribution is 2.26. The third kappa shape index (κ3) is 3.49. The molecule has 0 heterocycles. The van der Waals surface area contributed by atoms with Crippen molar-refractivity contribution in [1.29, 1.82) is 0 Å². The van der Waals surface area contributed by atoms with Gasteiger partial charge < -0.3 is 0 Å². The van der Waals surface area contributed by atoms with Gasteiger partial charge in [0.15, 0.2) is 0 Å². The zero-order chi connectivity index (χ0) is 9.19.